The summed E-state index contributed by atoms with van der Waals surface area (Å²) < 4.78 is 7.07. The van der Waals surface area contributed by atoms with E-state index in [1.807, 2.05) is 13.0 Å². The number of rotatable bonds is 6. The topological polar surface area (TPSA) is 81.2 Å². The number of thiophene rings is 1. The number of nitrogens with one attached hydrogen (secondary N) is 1. The summed E-state index contributed by atoms with van der Waals surface area (Å²) in [4.78, 5) is 36.3. The minimum Gasteiger partial charge on any atom is -1.00 e. The predicted octanol–water partition coefficient (Wildman–Crippen LogP) is 1.23. The number of aromatic nitrogens is 2. The molecule has 1 amide bonds. The van der Waals surface area contributed by atoms with E-state index in [-0.39, 0.29) is 35.0 Å². The molecule has 9 heteroatoms. The predicted molar refractivity (Wildman–Crippen MR) is 131 cm³/mol. The number of aryl methyl sites for hydroxylation is 1. The molecule has 1 saturated carbocycles. The standard InChI is InChI=1S/C26H34N4O3S.BrH/c1-19-15-28-23(16-27-19)29-24(31)18-30-12-8-20(9-13-30)21(17-30)33-25(32)26(22-7-6-14-34-22)10-4-2-3-5-11-26;/h6-7,14-16,20-21H,2-5,8-13,17-18H2,1H3;1H. The lowest BCUT2D eigenvalue weighted by atomic mass is 9.78. The van der Waals surface area contributed by atoms with Crippen LogP contribution in [0.2, 0.25) is 0 Å². The molecule has 4 aliphatic rings. The first-order chi connectivity index (χ1) is 16.5. The van der Waals surface area contributed by atoms with Gasteiger partial charge in [-0.3, -0.25) is 14.6 Å². The molecule has 7 nitrogen and oxygen atoms in total. The number of hydrogen-bond donors (Lipinski definition) is 1. The molecule has 0 spiro atoms. The SMILES string of the molecule is Cc1cnc(NC(=O)C[N+]23CCC(CC2)C(OC(=O)C2(c4cccs4)CCCCCC2)C3)cn1.[Br-]. The maximum atomic E-state index is 13.8. The average molecular weight is 564 g/mol. The Morgan fingerprint density at radius 1 is 1.14 bits per heavy atom. The van der Waals surface area contributed by atoms with Gasteiger partial charge in [-0.2, -0.15) is 0 Å². The van der Waals surface area contributed by atoms with Gasteiger partial charge in [-0.05, 0) is 31.2 Å². The quantitative estimate of drug-likeness (QED) is 0.325. The van der Waals surface area contributed by atoms with Gasteiger partial charge in [-0.1, -0.05) is 31.7 Å². The molecule has 1 N–H and O–H groups in total. The molecular formula is C26H35BrN4O3S. The van der Waals surface area contributed by atoms with Crippen LogP contribution in [0.5, 0.6) is 0 Å². The fraction of sp³-hybridized carbons (Fsp3) is 0.615. The second kappa shape index (κ2) is 11.0. The molecule has 3 aliphatic heterocycles. The van der Waals surface area contributed by atoms with E-state index in [2.05, 4.69) is 26.7 Å². The first kappa shape index (κ1) is 26.2. The van der Waals surface area contributed by atoms with Gasteiger partial charge in [0.1, 0.15) is 12.0 Å². The number of esters is 1. The Labute approximate surface area is 222 Å². The number of hydrogen-bond acceptors (Lipinski definition) is 6. The summed E-state index contributed by atoms with van der Waals surface area (Å²) in [5, 5.41) is 4.97. The van der Waals surface area contributed by atoms with E-state index in [1.54, 1.807) is 23.7 Å². The fourth-order valence-electron chi connectivity index (χ4n) is 6.21. The van der Waals surface area contributed by atoms with Gasteiger partial charge < -0.3 is 31.5 Å². The van der Waals surface area contributed by atoms with Crippen molar-refractivity contribution in [1.82, 2.24) is 9.97 Å². The minimum atomic E-state index is -0.497. The molecule has 2 aromatic heterocycles. The van der Waals surface area contributed by atoms with Gasteiger partial charge >= 0.3 is 5.97 Å². The van der Waals surface area contributed by atoms with Crippen LogP contribution in [0.4, 0.5) is 5.82 Å². The highest BCUT2D eigenvalue weighted by atomic mass is 79.9. The summed E-state index contributed by atoms with van der Waals surface area (Å²) in [6, 6.07) is 4.16. The molecule has 6 rings (SSSR count). The Kier molecular flexibility index (Phi) is 8.28. The zero-order valence-corrected chi connectivity index (χ0v) is 22.8. The number of quaternary nitrogens is 1. The van der Waals surface area contributed by atoms with Crippen molar-refractivity contribution in [2.24, 2.45) is 5.92 Å². The Morgan fingerprint density at radius 2 is 1.89 bits per heavy atom. The monoisotopic (exact) mass is 562 g/mol. The number of carbonyl (C=O) groups excluding carboxylic acids is 2. The van der Waals surface area contributed by atoms with E-state index in [0.29, 0.717) is 22.8 Å². The molecule has 4 fully saturated rings. The molecule has 1 unspecified atom stereocenters. The molecule has 35 heavy (non-hydrogen) atoms. The summed E-state index contributed by atoms with van der Waals surface area (Å²) >= 11 is 1.68. The number of amides is 1. The smallest absolute Gasteiger partial charge is 0.317 e. The summed E-state index contributed by atoms with van der Waals surface area (Å²) in [7, 11) is 0. The average Bonchev–Trinajstić information content (AvgIpc) is 3.26. The molecule has 1 atom stereocenters. The number of anilines is 1. The van der Waals surface area contributed by atoms with Crippen LogP contribution in [0.1, 0.15) is 61.9 Å². The van der Waals surface area contributed by atoms with Crippen molar-refractivity contribution in [3.63, 3.8) is 0 Å². The van der Waals surface area contributed by atoms with Crippen molar-refractivity contribution >= 4 is 29.0 Å². The van der Waals surface area contributed by atoms with E-state index >= 15 is 0 Å². The zero-order valence-electron chi connectivity index (χ0n) is 20.4. The first-order valence-corrected chi connectivity index (χ1v) is 13.5. The van der Waals surface area contributed by atoms with Crippen LogP contribution < -0.4 is 22.3 Å². The van der Waals surface area contributed by atoms with Crippen LogP contribution in [-0.2, 0) is 19.7 Å². The molecule has 3 saturated heterocycles. The lowest BCUT2D eigenvalue weighted by Crippen LogP contribution is -3.00. The van der Waals surface area contributed by atoms with E-state index in [1.165, 1.54) is 12.8 Å². The van der Waals surface area contributed by atoms with Crippen LogP contribution in [0.3, 0.4) is 0 Å². The van der Waals surface area contributed by atoms with E-state index in [9.17, 15) is 9.59 Å². The number of fused-ring (bicyclic) bond motifs is 3. The van der Waals surface area contributed by atoms with Gasteiger partial charge in [-0.15, -0.1) is 11.3 Å². The second-order valence-electron chi connectivity index (χ2n) is 10.5. The van der Waals surface area contributed by atoms with Crippen molar-refractivity contribution in [3.05, 3.63) is 40.5 Å². The molecule has 190 valence electrons. The number of piperidine rings is 3. The zero-order chi connectivity index (χ0) is 23.6. The van der Waals surface area contributed by atoms with Crippen LogP contribution in [0, 0.1) is 12.8 Å². The Bertz CT molecular complexity index is 998. The van der Waals surface area contributed by atoms with Crippen LogP contribution in [0.25, 0.3) is 0 Å². The molecule has 2 aromatic rings. The van der Waals surface area contributed by atoms with E-state index in [0.717, 1.165) is 68.7 Å². The lowest BCUT2D eigenvalue weighted by molar-refractivity contribution is -0.939. The number of nitrogens with zero attached hydrogens (tertiary/aromatic N) is 3. The minimum absolute atomic E-state index is 0. The normalized spacial score (nSPS) is 27.3. The van der Waals surface area contributed by atoms with Crippen molar-refractivity contribution in [1.29, 1.82) is 0 Å². The van der Waals surface area contributed by atoms with Gasteiger partial charge in [-0.25, -0.2) is 4.98 Å². The number of halogens is 1. The summed E-state index contributed by atoms with van der Waals surface area (Å²) in [6.07, 6.45) is 11.4. The maximum Gasteiger partial charge on any atom is 0.317 e. The third-order valence-electron chi connectivity index (χ3n) is 8.17. The third-order valence-corrected chi connectivity index (χ3v) is 9.24. The van der Waals surface area contributed by atoms with E-state index in [4.69, 9.17) is 4.74 Å². The van der Waals surface area contributed by atoms with Crippen LogP contribution in [0.15, 0.2) is 29.9 Å². The van der Waals surface area contributed by atoms with Crippen molar-refractivity contribution in [2.45, 2.75) is 69.8 Å². The summed E-state index contributed by atoms with van der Waals surface area (Å²) in [5.41, 5.74) is 0.319. The second-order valence-corrected chi connectivity index (χ2v) is 11.4. The number of carbonyl (C=O) groups is 2. The van der Waals surface area contributed by atoms with Gasteiger partial charge in [0.15, 0.2) is 18.5 Å². The Hall–Kier alpha value is -1.84. The highest BCUT2D eigenvalue weighted by Gasteiger charge is 2.51. The molecule has 1 aliphatic carbocycles. The number of ether oxygens (including phenoxy) is 1. The lowest BCUT2D eigenvalue weighted by Gasteiger charge is -2.52. The summed E-state index contributed by atoms with van der Waals surface area (Å²) in [6.45, 7) is 4.90. The fourth-order valence-corrected chi connectivity index (χ4v) is 7.18. The first-order valence-electron chi connectivity index (χ1n) is 12.7. The Morgan fingerprint density at radius 3 is 2.51 bits per heavy atom. The van der Waals surface area contributed by atoms with Gasteiger partial charge in [0.05, 0.1) is 31.2 Å². The van der Waals surface area contributed by atoms with Crippen LogP contribution >= 0.6 is 11.3 Å². The molecule has 0 radical (unpaired) electrons. The van der Waals surface area contributed by atoms with Crippen molar-refractivity contribution < 1.29 is 35.8 Å². The molecule has 5 heterocycles. The van der Waals surface area contributed by atoms with Crippen molar-refractivity contribution in [3.8, 4) is 0 Å². The molecular weight excluding hydrogens is 528 g/mol. The van der Waals surface area contributed by atoms with Gasteiger partial charge in [0, 0.05) is 23.6 Å². The highest BCUT2D eigenvalue weighted by Crippen LogP contribution is 2.43. The highest BCUT2D eigenvalue weighted by molar-refractivity contribution is 7.10. The van der Waals surface area contributed by atoms with Gasteiger partial charge in [0.25, 0.3) is 5.91 Å². The van der Waals surface area contributed by atoms with Crippen LogP contribution in [-0.4, -0.2) is 58.6 Å². The molecule has 2 bridgehead atoms. The van der Waals surface area contributed by atoms with E-state index < -0.39 is 5.41 Å². The Balaban J connectivity index is 0.00000289. The maximum absolute atomic E-state index is 13.8. The van der Waals surface area contributed by atoms with Crippen molar-refractivity contribution in [2.75, 3.05) is 31.5 Å². The molecule has 0 aromatic carbocycles. The largest absolute Gasteiger partial charge is 1.00 e. The third kappa shape index (κ3) is 5.62. The summed E-state index contributed by atoms with van der Waals surface area (Å²) in [5.74, 6) is 0.798. The van der Waals surface area contributed by atoms with Gasteiger partial charge in [0.2, 0.25) is 0 Å².